The molecule has 3 rings (SSSR count). The largest absolute Gasteiger partial charge is 0.423 e. The predicted molar refractivity (Wildman–Crippen MR) is 89.5 cm³/mol. The fraction of sp³-hybridized carbons (Fsp3) is 0.0625. The molecule has 1 aromatic heterocycles. The molecule has 0 aliphatic rings. The van der Waals surface area contributed by atoms with Crippen LogP contribution in [-0.2, 0) is 10.0 Å². The number of benzene rings is 2. The van der Waals surface area contributed by atoms with Crippen molar-refractivity contribution in [2.45, 2.75) is 11.8 Å². The highest BCUT2D eigenvalue weighted by molar-refractivity contribution is 7.92. The minimum atomic E-state index is -3.76. The normalized spacial score (nSPS) is 11.6. The van der Waals surface area contributed by atoms with Gasteiger partial charge in [0.25, 0.3) is 10.0 Å². The Balaban J connectivity index is 2.02. The van der Waals surface area contributed by atoms with Crippen LogP contribution in [0.5, 0.6) is 0 Å². The zero-order chi connectivity index (χ0) is 16.6. The van der Waals surface area contributed by atoms with Crippen molar-refractivity contribution in [3.8, 4) is 0 Å². The number of aryl methyl sites for hydroxylation is 1. The van der Waals surface area contributed by atoms with Crippen molar-refractivity contribution in [1.29, 1.82) is 0 Å². The van der Waals surface area contributed by atoms with Gasteiger partial charge in [0, 0.05) is 16.5 Å². The van der Waals surface area contributed by atoms with Crippen molar-refractivity contribution in [2.75, 3.05) is 4.72 Å². The summed E-state index contributed by atoms with van der Waals surface area (Å²) >= 11 is 5.87. The first kappa shape index (κ1) is 15.6. The second-order valence-electron chi connectivity index (χ2n) is 5.02. The summed E-state index contributed by atoms with van der Waals surface area (Å²) in [4.78, 5) is 11.2. The first-order valence-electron chi connectivity index (χ1n) is 6.68. The maximum Gasteiger partial charge on any atom is 0.336 e. The Labute approximate surface area is 137 Å². The highest BCUT2D eigenvalue weighted by Crippen LogP contribution is 2.24. The van der Waals surface area contributed by atoms with Crippen molar-refractivity contribution >= 4 is 38.3 Å². The third-order valence-electron chi connectivity index (χ3n) is 3.33. The summed E-state index contributed by atoms with van der Waals surface area (Å²) in [6.07, 6.45) is 0. The monoisotopic (exact) mass is 349 g/mol. The Morgan fingerprint density at radius 1 is 1.04 bits per heavy atom. The maximum absolute atomic E-state index is 12.5. The van der Waals surface area contributed by atoms with Gasteiger partial charge in [-0.1, -0.05) is 11.6 Å². The Kier molecular flexibility index (Phi) is 3.87. The van der Waals surface area contributed by atoms with Crippen LogP contribution in [0.2, 0.25) is 5.02 Å². The number of nitrogens with one attached hydrogen (secondary N) is 1. The minimum Gasteiger partial charge on any atom is -0.423 e. The van der Waals surface area contributed by atoms with E-state index in [1.807, 2.05) is 0 Å². The average Bonchev–Trinajstić information content (AvgIpc) is 2.49. The molecule has 7 heteroatoms. The van der Waals surface area contributed by atoms with E-state index in [4.69, 9.17) is 16.0 Å². The van der Waals surface area contributed by atoms with Gasteiger partial charge in [-0.15, -0.1) is 0 Å². The molecule has 0 radical (unpaired) electrons. The van der Waals surface area contributed by atoms with Gasteiger partial charge in [-0.3, -0.25) is 4.72 Å². The summed E-state index contributed by atoms with van der Waals surface area (Å²) in [5, 5.41) is 1.06. The molecule has 118 valence electrons. The van der Waals surface area contributed by atoms with E-state index in [0.29, 0.717) is 27.2 Å². The van der Waals surface area contributed by atoms with Crippen LogP contribution in [0, 0.1) is 6.92 Å². The number of fused-ring (bicyclic) bond motifs is 1. The lowest BCUT2D eigenvalue weighted by atomic mass is 10.2. The highest BCUT2D eigenvalue weighted by atomic mass is 35.5. The summed E-state index contributed by atoms with van der Waals surface area (Å²) in [5.74, 6) is 0. The Bertz CT molecular complexity index is 1060. The number of halogens is 1. The van der Waals surface area contributed by atoms with Gasteiger partial charge in [-0.25, -0.2) is 13.2 Å². The van der Waals surface area contributed by atoms with E-state index < -0.39 is 15.6 Å². The molecule has 23 heavy (non-hydrogen) atoms. The molecule has 0 amide bonds. The van der Waals surface area contributed by atoms with Crippen LogP contribution in [0.3, 0.4) is 0 Å². The van der Waals surface area contributed by atoms with E-state index in [9.17, 15) is 13.2 Å². The van der Waals surface area contributed by atoms with E-state index >= 15 is 0 Å². The molecule has 0 saturated carbocycles. The fourth-order valence-electron chi connectivity index (χ4n) is 2.16. The first-order valence-corrected chi connectivity index (χ1v) is 8.54. The van der Waals surface area contributed by atoms with Crippen molar-refractivity contribution in [1.82, 2.24) is 0 Å². The molecule has 0 aliphatic carbocycles. The Morgan fingerprint density at radius 3 is 2.57 bits per heavy atom. The number of anilines is 1. The zero-order valence-corrected chi connectivity index (χ0v) is 13.6. The second kappa shape index (κ2) is 5.72. The van der Waals surface area contributed by atoms with Gasteiger partial charge in [-0.2, -0.15) is 0 Å². The molecule has 0 saturated heterocycles. The number of hydrogen-bond acceptors (Lipinski definition) is 4. The van der Waals surface area contributed by atoms with Crippen molar-refractivity contribution in [3.63, 3.8) is 0 Å². The molecular formula is C16H12ClNO4S. The number of rotatable bonds is 3. The van der Waals surface area contributed by atoms with Gasteiger partial charge in [0.05, 0.1) is 10.6 Å². The predicted octanol–water partition coefficient (Wildman–Crippen LogP) is 3.56. The molecular weight excluding hydrogens is 338 g/mol. The molecule has 0 aliphatic heterocycles. The Morgan fingerprint density at radius 2 is 1.83 bits per heavy atom. The third kappa shape index (κ3) is 3.23. The molecule has 0 fully saturated rings. The lowest BCUT2D eigenvalue weighted by molar-refractivity contribution is 0.560. The van der Waals surface area contributed by atoms with E-state index in [-0.39, 0.29) is 4.90 Å². The molecule has 0 unspecified atom stereocenters. The quantitative estimate of drug-likeness (QED) is 0.733. The molecule has 5 nitrogen and oxygen atoms in total. The molecule has 0 spiro atoms. The van der Waals surface area contributed by atoms with Gasteiger partial charge in [0.15, 0.2) is 0 Å². The van der Waals surface area contributed by atoms with Crippen LogP contribution in [0.4, 0.5) is 5.69 Å². The molecule has 2 aromatic carbocycles. The van der Waals surface area contributed by atoms with E-state index in [0.717, 1.165) is 0 Å². The molecule has 0 bridgehead atoms. The maximum atomic E-state index is 12.5. The van der Waals surface area contributed by atoms with Gasteiger partial charge in [-0.05, 0) is 55.0 Å². The van der Waals surface area contributed by atoms with Gasteiger partial charge < -0.3 is 4.42 Å². The van der Waals surface area contributed by atoms with Crippen LogP contribution in [0.25, 0.3) is 11.0 Å². The van der Waals surface area contributed by atoms with E-state index in [1.165, 1.54) is 30.3 Å². The topological polar surface area (TPSA) is 76.4 Å². The smallest absolute Gasteiger partial charge is 0.336 e. The summed E-state index contributed by atoms with van der Waals surface area (Å²) < 4.78 is 32.5. The molecule has 0 atom stereocenters. The van der Waals surface area contributed by atoms with Crippen molar-refractivity contribution < 1.29 is 12.8 Å². The zero-order valence-electron chi connectivity index (χ0n) is 12.0. The van der Waals surface area contributed by atoms with Crippen LogP contribution in [-0.4, -0.2) is 8.42 Å². The SMILES string of the molecule is Cc1cc(Cl)ccc1NS(=O)(=O)c1ccc2oc(=O)ccc2c1. The molecule has 1 heterocycles. The average molecular weight is 350 g/mol. The number of sulfonamides is 1. The van der Waals surface area contributed by atoms with Gasteiger partial charge in [0.2, 0.25) is 0 Å². The summed E-state index contributed by atoms with van der Waals surface area (Å²) in [5.41, 5.74) is 1.02. The van der Waals surface area contributed by atoms with E-state index in [2.05, 4.69) is 4.72 Å². The summed E-state index contributed by atoms with van der Waals surface area (Å²) in [6.45, 7) is 1.76. The van der Waals surface area contributed by atoms with Crippen molar-refractivity contribution in [3.05, 3.63) is 69.5 Å². The lowest BCUT2D eigenvalue weighted by Crippen LogP contribution is -2.13. The first-order chi connectivity index (χ1) is 10.8. The summed E-state index contributed by atoms with van der Waals surface area (Å²) in [7, 11) is -3.76. The van der Waals surface area contributed by atoms with Crippen molar-refractivity contribution in [2.24, 2.45) is 0 Å². The Hall–Kier alpha value is -2.31. The second-order valence-corrected chi connectivity index (χ2v) is 7.14. The number of hydrogen-bond donors (Lipinski definition) is 1. The van der Waals surface area contributed by atoms with E-state index in [1.54, 1.807) is 25.1 Å². The standard InChI is InChI=1S/C16H12ClNO4S/c1-10-8-12(17)3-5-14(10)18-23(20,21)13-4-6-15-11(9-13)2-7-16(19)22-15/h2-9,18H,1H3. The minimum absolute atomic E-state index is 0.0770. The van der Waals surface area contributed by atoms with Gasteiger partial charge in [0.1, 0.15) is 5.58 Å². The van der Waals surface area contributed by atoms with Crippen LogP contribution in [0.15, 0.2) is 62.6 Å². The molecule has 3 aromatic rings. The third-order valence-corrected chi connectivity index (χ3v) is 4.93. The van der Waals surface area contributed by atoms with Crippen LogP contribution in [0.1, 0.15) is 5.56 Å². The fourth-order valence-corrected chi connectivity index (χ4v) is 3.55. The molecule has 1 N–H and O–H groups in total. The summed E-state index contributed by atoms with van der Waals surface area (Å²) in [6, 6.07) is 12.0. The van der Waals surface area contributed by atoms with Crippen LogP contribution >= 0.6 is 11.6 Å². The highest BCUT2D eigenvalue weighted by Gasteiger charge is 2.16. The lowest BCUT2D eigenvalue weighted by Gasteiger charge is -2.11. The van der Waals surface area contributed by atoms with Gasteiger partial charge >= 0.3 is 5.63 Å². The van der Waals surface area contributed by atoms with Crippen LogP contribution < -0.4 is 10.3 Å².